The Hall–Kier alpha value is -1.05. The van der Waals surface area contributed by atoms with Gasteiger partial charge in [0.1, 0.15) is 11.5 Å². The first-order chi connectivity index (χ1) is 10.8. The van der Waals surface area contributed by atoms with Crippen LogP contribution in [0.3, 0.4) is 0 Å². The van der Waals surface area contributed by atoms with Gasteiger partial charge in [0.25, 0.3) is 0 Å². The Morgan fingerprint density at radius 3 is 1.58 bits per heavy atom. The van der Waals surface area contributed by atoms with Crippen LogP contribution in [-0.2, 0) is 15.5 Å². The summed E-state index contributed by atoms with van der Waals surface area (Å²) in [5.74, 6) is -0.451. The van der Waals surface area contributed by atoms with Crippen molar-refractivity contribution < 1.29 is 52.7 Å². The SMILES string of the molecule is CCCC(CS(=O)(=O)[O-])(c1ccc(O)cc1)c1ccc(O)cc1.[Na+]. The first kappa shape index (κ1) is 21.0. The van der Waals surface area contributed by atoms with Crippen LogP contribution in [0.1, 0.15) is 30.9 Å². The zero-order valence-electron chi connectivity index (χ0n) is 13.8. The van der Waals surface area contributed by atoms with Crippen LogP contribution in [0.2, 0.25) is 0 Å². The fourth-order valence-corrected chi connectivity index (χ4v) is 4.06. The standard InChI is InChI=1S/C17H20O5S.Na/c1-2-11-17(12-23(20,21)22,13-3-7-15(18)8-4-13)14-5-9-16(19)10-6-14;/h3-10,18-19H,2,11-12H2,1H3,(H,20,21,22);/q;+1/p-1. The van der Waals surface area contributed by atoms with Gasteiger partial charge in [-0.25, -0.2) is 8.42 Å². The second-order valence-corrected chi connectivity index (χ2v) is 7.03. The molecule has 0 radical (unpaired) electrons. The van der Waals surface area contributed by atoms with Gasteiger partial charge in [-0.2, -0.15) is 0 Å². The summed E-state index contributed by atoms with van der Waals surface area (Å²) in [6, 6.07) is 12.4. The maximum absolute atomic E-state index is 11.5. The minimum Gasteiger partial charge on any atom is -0.748 e. The molecule has 0 bridgehead atoms. The van der Waals surface area contributed by atoms with E-state index in [-0.39, 0.29) is 41.1 Å². The van der Waals surface area contributed by atoms with Crippen molar-refractivity contribution >= 4 is 10.1 Å². The maximum atomic E-state index is 11.5. The molecule has 2 aromatic rings. The van der Waals surface area contributed by atoms with Crippen LogP contribution in [-0.4, -0.2) is 28.9 Å². The molecule has 2 N–H and O–H groups in total. The van der Waals surface area contributed by atoms with E-state index in [2.05, 4.69) is 0 Å². The summed E-state index contributed by atoms with van der Waals surface area (Å²) in [5, 5.41) is 19.0. The minimum atomic E-state index is -4.50. The van der Waals surface area contributed by atoms with Gasteiger partial charge in [0.15, 0.2) is 0 Å². The summed E-state index contributed by atoms with van der Waals surface area (Å²) in [6.07, 6.45) is 1.11. The largest absolute Gasteiger partial charge is 1.00 e. The molecule has 0 aliphatic rings. The number of rotatable bonds is 6. The normalized spacial score (nSPS) is 11.8. The third-order valence-electron chi connectivity index (χ3n) is 3.94. The van der Waals surface area contributed by atoms with Crippen LogP contribution in [0.5, 0.6) is 11.5 Å². The fourth-order valence-electron chi connectivity index (χ4n) is 2.98. The molecule has 2 aromatic carbocycles. The molecular formula is C17H19NaO5S. The Morgan fingerprint density at radius 2 is 1.29 bits per heavy atom. The number of phenolic OH excluding ortho intramolecular Hbond substituents is 2. The molecule has 0 saturated heterocycles. The first-order valence-electron chi connectivity index (χ1n) is 7.29. The molecular weight excluding hydrogens is 339 g/mol. The van der Waals surface area contributed by atoms with Gasteiger partial charge in [0.2, 0.25) is 0 Å². The zero-order valence-corrected chi connectivity index (χ0v) is 16.6. The van der Waals surface area contributed by atoms with Gasteiger partial charge in [0, 0.05) is 5.41 Å². The molecule has 0 aromatic heterocycles. The Labute approximate surface area is 164 Å². The maximum Gasteiger partial charge on any atom is 1.00 e. The van der Waals surface area contributed by atoms with Crippen LogP contribution in [0, 0.1) is 0 Å². The number of benzene rings is 2. The third-order valence-corrected chi connectivity index (χ3v) is 4.79. The summed E-state index contributed by atoms with van der Waals surface area (Å²) in [5.41, 5.74) is 0.265. The third kappa shape index (κ3) is 4.97. The summed E-state index contributed by atoms with van der Waals surface area (Å²) >= 11 is 0. The van der Waals surface area contributed by atoms with Crippen molar-refractivity contribution in [3.8, 4) is 11.5 Å². The van der Waals surface area contributed by atoms with Crippen molar-refractivity contribution in [2.24, 2.45) is 0 Å². The van der Waals surface area contributed by atoms with Crippen LogP contribution in [0.4, 0.5) is 0 Å². The van der Waals surface area contributed by atoms with Crippen LogP contribution < -0.4 is 29.6 Å². The molecule has 0 atom stereocenters. The van der Waals surface area contributed by atoms with E-state index in [9.17, 15) is 23.2 Å². The number of hydrogen-bond acceptors (Lipinski definition) is 5. The van der Waals surface area contributed by atoms with E-state index >= 15 is 0 Å². The molecule has 5 nitrogen and oxygen atoms in total. The zero-order chi connectivity index (χ0) is 17.1. The summed E-state index contributed by atoms with van der Waals surface area (Å²) in [4.78, 5) is 0. The Kier molecular flexibility index (Phi) is 7.31. The predicted molar refractivity (Wildman–Crippen MR) is 86.5 cm³/mol. The first-order valence-corrected chi connectivity index (χ1v) is 8.87. The quantitative estimate of drug-likeness (QED) is 0.547. The van der Waals surface area contributed by atoms with E-state index in [0.717, 1.165) is 0 Å². The molecule has 0 heterocycles. The number of hydrogen-bond donors (Lipinski definition) is 2. The van der Waals surface area contributed by atoms with E-state index in [4.69, 9.17) is 0 Å². The van der Waals surface area contributed by atoms with Gasteiger partial charge in [-0.15, -0.1) is 0 Å². The van der Waals surface area contributed by atoms with Gasteiger partial charge in [0.05, 0.1) is 15.9 Å². The minimum absolute atomic E-state index is 0. The van der Waals surface area contributed by atoms with Gasteiger partial charge < -0.3 is 14.8 Å². The average Bonchev–Trinajstić information content (AvgIpc) is 2.46. The molecule has 0 unspecified atom stereocenters. The monoisotopic (exact) mass is 358 g/mol. The van der Waals surface area contributed by atoms with E-state index in [1.54, 1.807) is 24.3 Å². The smallest absolute Gasteiger partial charge is 0.748 e. The molecule has 24 heavy (non-hydrogen) atoms. The molecule has 7 heteroatoms. The van der Waals surface area contributed by atoms with Crippen LogP contribution >= 0.6 is 0 Å². The summed E-state index contributed by atoms with van der Waals surface area (Å²) < 4.78 is 34.6. The van der Waals surface area contributed by atoms with Crippen LogP contribution in [0.15, 0.2) is 48.5 Å². The topological polar surface area (TPSA) is 97.7 Å². The van der Waals surface area contributed by atoms with Crippen molar-refractivity contribution in [2.75, 3.05) is 5.75 Å². The molecule has 0 aliphatic carbocycles. The Balaban J connectivity index is 0.00000288. The van der Waals surface area contributed by atoms with Crippen molar-refractivity contribution in [2.45, 2.75) is 25.2 Å². The van der Waals surface area contributed by atoms with Crippen LogP contribution in [0.25, 0.3) is 0 Å². The molecule has 0 fully saturated rings. The molecule has 124 valence electrons. The molecule has 2 rings (SSSR count). The predicted octanol–water partition coefficient (Wildman–Crippen LogP) is -0.267. The second kappa shape index (κ2) is 8.36. The molecule has 0 spiro atoms. The summed E-state index contributed by atoms with van der Waals surface area (Å²) in [6.45, 7) is 1.91. The Bertz CT molecular complexity index is 709. The van der Waals surface area contributed by atoms with Crippen molar-refractivity contribution in [3.63, 3.8) is 0 Å². The Morgan fingerprint density at radius 1 is 0.917 bits per heavy atom. The van der Waals surface area contributed by atoms with Crippen molar-refractivity contribution in [3.05, 3.63) is 59.7 Å². The van der Waals surface area contributed by atoms with Crippen molar-refractivity contribution in [1.29, 1.82) is 0 Å². The van der Waals surface area contributed by atoms with Gasteiger partial charge in [-0.05, 0) is 41.8 Å². The fraction of sp³-hybridized carbons (Fsp3) is 0.294. The number of phenols is 2. The van der Waals surface area contributed by atoms with Gasteiger partial charge >= 0.3 is 29.6 Å². The molecule has 0 saturated carbocycles. The van der Waals surface area contributed by atoms with Gasteiger partial charge in [-0.1, -0.05) is 37.6 Å². The van der Waals surface area contributed by atoms with Gasteiger partial charge in [-0.3, -0.25) is 0 Å². The van der Waals surface area contributed by atoms with E-state index in [1.807, 2.05) is 6.92 Å². The van der Waals surface area contributed by atoms with Crippen molar-refractivity contribution in [1.82, 2.24) is 0 Å². The second-order valence-electron chi connectivity index (χ2n) is 5.63. The molecule has 0 aliphatic heterocycles. The molecule has 0 amide bonds. The number of aromatic hydroxyl groups is 2. The van der Waals surface area contributed by atoms with E-state index in [0.29, 0.717) is 24.0 Å². The summed E-state index contributed by atoms with van der Waals surface area (Å²) in [7, 11) is -4.50. The van der Waals surface area contributed by atoms with E-state index < -0.39 is 21.3 Å². The van der Waals surface area contributed by atoms with E-state index in [1.165, 1.54) is 24.3 Å². The average molecular weight is 358 g/mol.